The summed E-state index contributed by atoms with van der Waals surface area (Å²) >= 11 is 0. The van der Waals surface area contributed by atoms with E-state index >= 15 is 0 Å². The maximum absolute atomic E-state index is 10.6. The first-order valence-corrected chi connectivity index (χ1v) is 3.41. The SMILES string of the molecule is CCOC(=O)COCCNO. The lowest BCUT2D eigenvalue weighted by atomic mass is 10.7. The summed E-state index contributed by atoms with van der Waals surface area (Å²) in [6.07, 6.45) is 0. The predicted molar refractivity (Wildman–Crippen MR) is 37.2 cm³/mol. The summed E-state index contributed by atoms with van der Waals surface area (Å²) in [5.74, 6) is -0.384. The number of carbonyl (C=O) groups is 1. The molecular weight excluding hydrogens is 150 g/mol. The molecular formula is C6H13NO4. The van der Waals surface area contributed by atoms with Crippen molar-refractivity contribution in [2.24, 2.45) is 0 Å². The van der Waals surface area contributed by atoms with E-state index in [2.05, 4.69) is 4.74 Å². The molecule has 0 saturated heterocycles. The highest BCUT2D eigenvalue weighted by Gasteiger charge is 1.99. The zero-order chi connectivity index (χ0) is 8.53. The van der Waals surface area contributed by atoms with Gasteiger partial charge < -0.3 is 14.7 Å². The van der Waals surface area contributed by atoms with Crippen molar-refractivity contribution in [2.75, 3.05) is 26.4 Å². The molecule has 0 unspecified atom stereocenters. The van der Waals surface area contributed by atoms with Crippen LogP contribution in [0.4, 0.5) is 0 Å². The summed E-state index contributed by atoms with van der Waals surface area (Å²) in [5.41, 5.74) is 1.90. The van der Waals surface area contributed by atoms with Gasteiger partial charge in [-0.05, 0) is 6.92 Å². The van der Waals surface area contributed by atoms with Crippen molar-refractivity contribution < 1.29 is 19.5 Å². The van der Waals surface area contributed by atoms with E-state index in [1.165, 1.54) is 0 Å². The van der Waals surface area contributed by atoms with E-state index in [1.54, 1.807) is 6.92 Å². The predicted octanol–water partition coefficient (Wildman–Crippen LogP) is -0.455. The molecule has 0 spiro atoms. The normalized spacial score (nSPS) is 9.64. The van der Waals surface area contributed by atoms with Gasteiger partial charge in [0.2, 0.25) is 0 Å². The van der Waals surface area contributed by atoms with Crippen LogP contribution in [-0.4, -0.2) is 37.5 Å². The molecule has 0 aliphatic heterocycles. The van der Waals surface area contributed by atoms with Crippen molar-refractivity contribution in [3.8, 4) is 0 Å². The molecule has 11 heavy (non-hydrogen) atoms. The number of hydrogen-bond donors (Lipinski definition) is 2. The Kier molecular flexibility index (Phi) is 7.02. The average molecular weight is 163 g/mol. The topological polar surface area (TPSA) is 67.8 Å². The van der Waals surface area contributed by atoms with E-state index in [-0.39, 0.29) is 19.2 Å². The number of hydroxylamine groups is 1. The minimum Gasteiger partial charge on any atom is -0.464 e. The van der Waals surface area contributed by atoms with Crippen LogP contribution in [0.3, 0.4) is 0 Å². The van der Waals surface area contributed by atoms with E-state index in [0.29, 0.717) is 13.2 Å². The Hall–Kier alpha value is -0.650. The zero-order valence-corrected chi connectivity index (χ0v) is 6.50. The highest BCUT2D eigenvalue weighted by molar-refractivity contribution is 5.70. The summed E-state index contributed by atoms with van der Waals surface area (Å²) in [7, 11) is 0. The number of esters is 1. The Balaban J connectivity index is 3.04. The van der Waals surface area contributed by atoms with Gasteiger partial charge in [-0.3, -0.25) is 0 Å². The van der Waals surface area contributed by atoms with Gasteiger partial charge >= 0.3 is 5.97 Å². The van der Waals surface area contributed by atoms with E-state index in [4.69, 9.17) is 9.94 Å². The van der Waals surface area contributed by atoms with Crippen molar-refractivity contribution >= 4 is 5.97 Å². The highest BCUT2D eigenvalue weighted by atomic mass is 16.6. The molecule has 0 bridgehead atoms. The molecule has 0 heterocycles. The molecule has 66 valence electrons. The molecule has 0 fully saturated rings. The molecule has 5 heteroatoms. The lowest BCUT2D eigenvalue weighted by molar-refractivity contribution is -0.148. The van der Waals surface area contributed by atoms with Crippen LogP contribution in [0, 0.1) is 0 Å². The molecule has 0 radical (unpaired) electrons. The highest BCUT2D eigenvalue weighted by Crippen LogP contribution is 1.79. The van der Waals surface area contributed by atoms with Crippen molar-refractivity contribution in [3.05, 3.63) is 0 Å². The van der Waals surface area contributed by atoms with Gasteiger partial charge in [-0.1, -0.05) is 0 Å². The van der Waals surface area contributed by atoms with Gasteiger partial charge in [0.15, 0.2) is 0 Å². The molecule has 0 saturated carbocycles. The van der Waals surface area contributed by atoms with Gasteiger partial charge in [0, 0.05) is 6.54 Å². The van der Waals surface area contributed by atoms with Crippen LogP contribution >= 0.6 is 0 Å². The summed E-state index contributed by atoms with van der Waals surface area (Å²) in [4.78, 5) is 10.6. The summed E-state index contributed by atoms with van der Waals surface area (Å²) in [6.45, 7) is 2.62. The smallest absolute Gasteiger partial charge is 0.332 e. The quantitative estimate of drug-likeness (QED) is 0.315. The second kappa shape index (κ2) is 7.46. The Labute approximate surface area is 65.3 Å². The van der Waals surface area contributed by atoms with E-state index in [9.17, 15) is 4.79 Å². The van der Waals surface area contributed by atoms with Crippen LogP contribution in [0.2, 0.25) is 0 Å². The molecule has 0 aliphatic rings. The van der Waals surface area contributed by atoms with Gasteiger partial charge in [0.1, 0.15) is 6.61 Å². The van der Waals surface area contributed by atoms with Crippen LogP contribution in [0.25, 0.3) is 0 Å². The zero-order valence-electron chi connectivity index (χ0n) is 6.50. The largest absolute Gasteiger partial charge is 0.464 e. The number of ether oxygens (including phenoxy) is 2. The van der Waals surface area contributed by atoms with E-state index in [1.807, 2.05) is 5.48 Å². The molecule has 0 amide bonds. The first-order valence-electron chi connectivity index (χ1n) is 3.41. The van der Waals surface area contributed by atoms with Crippen LogP contribution < -0.4 is 5.48 Å². The van der Waals surface area contributed by atoms with Crippen molar-refractivity contribution in [1.82, 2.24) is 5.48 Å². The summed E-state index contributed by atoms with van der Waals surface area (Å²) in [6, 6.07) is 0. The second-order valence-electron chi connectivity index (χ2n) is 1.77. The fourth-order valence-electron chi connectivity index (χ4n) is 0.476. The van der Waals surface area contributed by atoms with Crippen molar-refractivity contribution in [2.45, 2.75) is 6.92 Å². The molecule has 0 aromatic rings. The minimum atomic E-state index is -0.384. The third-order valence-corrected chi connectivity index (χ3v) is 0.883. The first kappa shape index (κ1) is 10.3. The Bertz CT molecular complexity index is 107. The van der Waals surface area contributed by atoms with Gasteiger partial charge in [0.25, 0.3) is 0 Å². The maximum Gasteiger partial charge on any atom is 0.332 e. The molecule has 0 rings (SSSR count). The molecule has 2 N–H and O–H groups in total. The van der Waals surface area contributed by atoms with Crippen LogP contribution in [0.15, 0.2) is 0 Å². The lowest BCUT2D eigenvalue weighted by Crippen LogP contribution is -2.19. The fraction of sp³-hybridized carbons (Fsp3) is 0.833. The molecule has 5 nitrogen and oxygen atoms in total. The van der Waals surface area contributed by atoms with Crippen molar-refractivity contribution in [1.29, 1.82) is 0 Å². The van der Waals surface area contributed by atoms with Crippen LogP contribution in [0.5, 0.6) is 0 Å². The van der Waals surface area contributed by atoms with Gasteiger partial charge in [-0.2, -0.15) is 0 Å². The Morgan fingerprint density at radius 2 is 2.36 bits per heavy atom. The lowest BCUT2D eigenvalue weighted by Gasteiger charge is -2.02. The molecule has 0 aliphatic carbocycles. The van der Waals surface area contributed by atoms with E-state index in [0.717, 1.165) is 0 Å². The third kappa shape index (κ3) is 7.24. The Morgan fingerprint density at radius 1 is 1.64 bits per heavy atom. The summed E-state index contributed by atoms with van der Waals surface area (Å²) < 4.78 is 9.37. The fourth-order valence-corrected chi connectivity index (χ4v) is 0.476. The first-order chi connectivity index (χ1) is 5.31. The van der Waals surface area contributed by atoms with Crippen molar-refractivity contribution in [3.63, 3.8) is 0 Å². The maximum atomic E-state index is 10.6. The molecule has 0 aromatic carbocycles. The van der Waals surface area contributed by atoms with Gasteiger partial charge in [0.05, 0.1) is 13.2 Å². The monoisotopic (exact) mass is 163 g/mol. The number of rotatable bonds is 6. The van der Waals surface area contributed by atoms with Gasteiger partial charge in [-0.15, -0.1) is 0 Å². The Morgan fingerprint density at radius 3 is 2.91 bits per heavy atom. The number of nitrogens with one attached hydrogen (secondary N) is 1. The average Bonchev–Trinajstić information content (AvgIpc) is 1.99. The number of carbonyl (C=O) groups excluding carboxylic acids is 1. The molecule has 0 aromatic heterocycles. The standard InChI is InChI=1S/C6H13NO4/c1-2-11-6(8)5-10-4-3-7-9/h7,9H,2-5H2,1H3. The second-order valence-corrected chi connectivity index (χ2v) is 1.77. The van der Waals surface area contributed by atoms with Gasteiger partial charge in [-0.25, -0.2) is 10.3 Å². The number of hydrogen-bond acceptors (Lipinski definition) is 5. The third-order valence-electron chi connectivity index (χ3n) is 0.883. The molecule has 0 atom stereocenters. The van der Waals surface area contributed by atoms with Crippen LogP contribution in [0.1, 0.15) is 6.92 Å². The van der Waals surface area contributed by atoms with E-state index < -0.39 is 0 Å². The summed E-state index contributed by atoms with van der Waals surface area (Å²) in [5, 5.41) is 8.09. The van der Waals surface area contributed by atoms with Crippen LogP contribution in [-0.2, 0) is 14.3 Å². The minimum absolute atomic E-state index is 0.0600.